The molecule has 0 bridgehead atoms. The number of hydrogen-bond donors (Lipinski definition) is 2. The van der Waals surface area contributed by atoms with Crippen LogP contribution in [0, 0.1) is 0 Å². The fourth-order valence-electron chi connectivity index (χ4n) is 0.752. The Morgan fingerprint density at radius 1 is 1.69 bits per heavy atom. The highest BCUT2D eigenvalue weighted by atomic mass is 16.5. The third kappa shape index (κ3) is 2.16. The molecule has 0 aliphatic rings. The Balaban J connectivity index is 2.74. The number of aliphatic hydroxyl groups is 1. The highest BCUT2D eigenvalue weighted by Crippen LogP contribution is 2.11. The molecule has 1 heterocycles. The summed E-state index contributed by atoms with van der Waals surface area (Å²) < 4.78 is 4.85. The van der Waals surface area contributed by atoms with Crippen LogP contribution in [0.25, 0.3) is 0 Å². The molecule has 0 radical (unpaired) electrons. The summed E-state index contributed by atoms with van der Waals surface area (Å²) in [5, 5.41) is 12.4. The van der Waals surface area contributed by atoms with Crippen LogP contribution in [-0.4, -0.2) is 35.4 Å². The Labute approximate surface area is 76.3 Å². The standard InChI is InChI=1S/C7H14N4O2/c1-3-11(2)7-9-6(13-10-7)5(8)4-12/h5,12H,3-4,8H2,1-2H3. The van der Waals surface area contributed by atoms with Crippen molar-refractivity contribution in [3.63, 3.8) is 0 Å². The molecule has 13 heavy (non-hydrogen) atoms. The fraction of sp³-hybridized carbons (Fsp3) is 0.714. The SMILES string of the molecule is CCN(C)c1noc(C(N)CO)n1. The highest BCUT2D eigenvalue weighted by Gasteiger charge is 2.14. The molecular weight excluding hydrogens is 172 g/mol. The van der Waals surface area contributed by atoms with Crippen LogP contribution < -0.4 is 10.6 Å². The second-order valence-corrected chi connectivity index (χ2v) is 2.74. The van der Waals surface area contributed by atoms with Crippen LogP contribution in [0.4, 0.5) is 5.95 Å². The molecule has 3 N–H and O–H groups in total. The van der Waals surface area contributed by atoms with Crippen molar-refractivity contribution in [1.29, 1.82) is 0 Å². The number of anilines is 1. The van der Waals surface area contributed by atoms with E-state index in [1.807, 2.05) is 18.9 Å². The van der Waals surface area contributed by atoms with Gasteiger partial charge in [-0.15, -0.1) is 0 Å². The molecule has 0 saturated heterocycles. The van der Waals surface area contributed by atoms with Gasteiger partial charge in [0.1, 0.15) is 6.04 Å². The molecule has 6 nitrogen and oxygen atoms in total. The van der Waals surface area contributed by atoms with Gasteiger partial charge in [-0.05, 0) is 12.1 Å². The first-order chi connectivity index (χ1) is 6.19. The van der Waals surface area contributed by atoms with Gasteiger partial charge in [0.15, 0.2) is 0 Å². The van der Waals surface area contributed by atoms with Crippen LogP contribution in [0.5, 0.6) is 0 Å². The molecule has 0 amide bonds. The molecule has 0 fully saturated rings. The van der Waals surface area contributed by atoms with Crippen molar-refractivity contribution in [2.45, 2.75) is 13.0 Å². The average Bonchev–Trinajstić information content (AvgIpc) is 2.64. The van der Waals surface area contributed by atoms with Crippen LogP contribution in [0.15, 0.2) is 4.52 Å². The van der Waals surface area contributed by atoms with Crippen LogP contribution in [-0.2, 0) is 0 Å². The molecule has 0 saturated carbocycles. The van der Waals surface area contributed by atoms with Gasteiger partial charge in [0.05, 0.1) is 6.61 Å². The topological polar surface area (TPSA) is 88.4 Å². The maximum Gasteiger partial charge on any atom is 0.265 e. The van der Waals surface area contributed by atoms with E-state index < -0.39 is 6.04 Å². The normalized spacial score (nSPS) is 12.9. The molecule has 74 valence electrons. The zero-order valence-electron chi connectivity index (χ0n) is 7.77. The Hall–Kier alpha value is -1.14. The monoisotopic (exact) mass is 186 g/mol. The summed E-state index contributed by atoms with van der Waals surface area (Å²) >= 11 is 0. The highest BCUT2D eigenvalue weighted by molar-refractivity contribution is 5.25. The van der Waals surface area contributed by atoms with Crippen molar-refractivity contribution >= 4 is 5.95 Å². The van der Waals surface area contributed by atoms with Crippen molar-refractivity contribution in [1.82, 2.24) is 10.1 Å². The molecule has 1 unspecified atom stereocenters. The molecule has 1 aromatic rings. The first-order valence-corrected chi connectivity index (χ1v) is 4.10. The Kier molecular flexibility index (Phi) is 3.21. The smallest absolute Gasteiger partial charge is 0.265 e. The molecule has 0 aliphatic carbocycles. The van der Waals surface area contributed by atoms with E-state index in [1.54, 1.807) is 0 Å². The lowest BCUT2D eigenvalue weighted by Crippen LogP contribution is -2.18. The van der Waals surface area contributed by atoms with Crippen molar-refractivity contribution in [3.05, 3.63) is 5.89 Å². The zero-order valence-corrected chi connectivity index (χ0v) is 7.77. The van der Waals surface area contributed by atoms with Gasteiger partial charge in [-0.3, -0.25) is 0 Å². The Bertz CT molecular complexity index is 238. The first-order valence-electron chi connectivity index (χ1n) is 4.10. The molecule has 0 aromatic carbocycles. The number of aliphatic hydroxyl groups excluding tert-OH is 1. The second-order valence-electron chi connectivity index (χ2n) is 2.74. The molecule has 1 atom stereocenters. The van der Waals surface area contributed by atoms with E-state index >= 15 is 0 Å². The first kappa shape index (κ1) is 9.94. The number of aromatic nitrogens is 2. The Morgan fingerprint density at radius 2 is 2.38 bits per heavy atom. The second kappa shape index (κ2) is 4.20. The van der Waals surface area contributed by atoms with E-state index in [1.165, 1.54) is 0 Å². The minimum Gasteiger partial charge on any atom is -0.394 e. The van der Waals surface area contributed by atoms with Gasteiger partial charge in [-0.2, -0.15) is 4.98 Å². The molecule has 1 rings (SSSR count). The third-order valence-corrected chi connectivity index (χ3v) is 1.76. The lowest BCUT2D eigenvalue weighted by atomic mass is 10.3. The zero-order chi connectivity index (χ0) is 9.84. The van der Waals surface area contributed by atoms with E-state index in [2.05, 4.69) is 10.1 Å². The summed E-state index contributed by atoms with van der Waals surface area (Å²) in [5.41, 5.74) is 5.48. The Morgan fingerprint density at radius 3 is 2.92 bits per heavy atom. The average molecular weight is 186 g/mol. The molecule has 0 spiro atoms. The van der Waals surface area contributed by atoms with Crippen molar-refractivity contribution in [2.75, 3.05) is 25.1 Å². The third-order valence-electron chi connectivity index (χ3n) is 1.76. The number of nitrogens with zero attached hydrogens (tertiary/aromatic N) is 3. The van der Waals surface area contributed by atoms with Gasteiger partial charge >= 0.3 is 0 Å². The van der Waals surface area contributed by atoms with Crippen molar-refractivity contribution in [3.8, 4) is 0 Å². The molecule has 1 aromatic heterocycles. The minimum absolute atomic E-state index is 0.197. The molecule has 6 heteroatoms. The summed E-state index contributed by atoms with van der Waals surface area (Å²) in [6, 6.07) is -0.591. The van der Waals surface area contributed by atoms with Crippen molar-refractivity contribution < 1.29 is 9.63 Å². The molecular formula is C7H14N4O2. The van der Waals surface area contributed by atoms with Crippen LogP contribution in [0.2, 0.25) is 0 Å². The quantitative estimate of drug-likeness (QED) is 0.660. The maximum absolute atomic E-state index is 8.73. The summed E-state index contributed by atoms with van der Waals surface area (Å²) in [6.07, 6.45) is 0. The fourth-order valence-corrected chi connectivity index (χ4v) is 0.752. The van der Waals surface area contributed by atoms with Crippen molar-refractivity contribution in [2.24, 2.45) is 5.73 Å². The van der Waals surface area contributed by atoms with E-state index in [0.29, 0.717) is 5.95 Å². The van der Waals surface area contributed by atoms with Crippen LogP contribution in [0.1, 0.15) is 18.9 Å². The summed E-state index contributed by atoms with van der Waals surface area (Å²) in [5.74, 6) is 0.749. The number of rotatable bonds is 4. The van der Waals surface area contributed by atoms with Gasteiger partial charge < -0.3 is 20.3 Å². The summed E-state index contributed by atoms with van der Waals surface area (Å²) in [6.45, 7) is 2.56. The predicted octanol–water partition coefficient (Wildman–Crippen LogP) is -0.482. The lowest BCUT2D eigenvalue weighted by molar-refractivity contribution is 0.237. The maximum atomic E-state index is 8.73. The van der Waals surface area contributed by atoms with Crippen LogP contribution in [0.3, 0.4) is 0 Å². The van der Waals surface area contributed by atoms with E-state index in [9.17, 15) is 0 Å². The van der Waals surface area contributed by atoms with Gasteiger partial charge in [0, 0.05) is 13.6 Å². The number of hydrogen-bond acceptors (Lipinski definition) is 6. The van der Waals surface area contributed by atoms with E-state index in [-0.39, 0.29) is 12.5 Å². The largest absolute Gasteiger partial charge is 0.394 e. The van der Waals surface area contributed by atoms with Gasteiger partial charge in [0.2, 0.25) is 5.89 Å². The van der Waals surface area contributed by atoms with Crippen LogP contribution >= 0.6 is 0 Å². The predicted molar refractivity (Wildman–Crippen MR) is 47.3 cm³/mol. The van der Waals surface area contributed by atoms with Gasteiger partial charge in [-0.1, -0.05) is 0 Å². The summed E-state index contributed by atoms with van der Waals surface area (Å²) in [7, 11) is 1.85. The van der Waals surface area contributed by atoms with E-state index in [4.69, 9.17) is 15.4 Å². The van der Waals surface area contributed by atoms with E-state index in [0.717, 1.165) is 6.54 Å². The number of nitrogens with two attached hydrogens (primary N) is 1. The van der Waals surface area contributed by atoms with Gasteiger partial charge in [-0.25, -0.2) is 0 Å². The van der Waals surface area contributed by atoms with Gasteiger partial charge in [0.25, 0.3) is 5.95 Å². The molecule has 0 aliphatic heterocycles. The lowest BCUT2D eigenvalue weighted by Gasteiger charge is -2.08. The minimum atomic E-state index is -0.591. The summed E-state index contributed by atoms with van der Waals surface area (Å²) in [4.78, 5) is 5.83.